The third-order valence-corrected chi connectivity index (χ3v) is 5.98. The third kappa shape index (κ3) is 1.89. The molecule has 1 aromatic rings. The maximum atomic E-state index is 12.9. The lowest BCUT2D eigenvalue weighted by atomic mass is 9.66. The van der Waals surface area contributed by atoms with Gasteiger partial charge in [0.1, 0.15) is 0 Å². The highest BCUT2D eigenvalue weighted by Gasteiger charge is 2.75. The van der Waals surface area contributed by atoms with E-state index in [9.17, 15) is 14.4 Å². The van der Waals surface area contributed by atoms with Gasteiger partial charge in [0.2, 0.25) is 0 Å². The average molecular weight is 315 g/mol. The summed E-state index contributed by atoms with van der Waals surface area (Å²) in [4.78, 5) is 36.6. The van der Waals surface area contributed by atoms with Crippen molar-refractivity contribution in [2.75, 3.05) is 5.32 Å². The second-order valence-electron chi connectivity index (χ2n) is 7.26. The monoisotopic (exact) mass is 315 g/mol. The van der Waals surface area contributed by atoms with Gasteiger partial charge in [0.15, 0.2) is 11.4 Å². The van der Waals surface area contributed by atoms with Crippen molar-refractivity contribution in [2.24, 2.45) is 10.8 Å². The molecule has 1 heterocycles. The molecular formula is C18H21NO4. The van der Waals surface area contributed by atoms with Crippen molar-refractivity contribution < 1.29 is 19.1 Å². The Balaban J connectivity index is 1.91. The lowest BCUT2D eigenvalue weighted by Gasteiger charge is -2.35. The van der Waals surface area contributed by atoms with Crippen LogP contribution in [0.25, 0.3) is 0 Å². The van der Waals surface area contributed by atoms with Crippen molar-refractivity contribution in [1.82, 2.24) is 0 Å². The van der Waals surface area contributed by atoms with Crippen molar-refractivity contribution >= 4 is 23.3 Å². The summed E-state index contributed by atoms with van der Waals surface area (Å²) in [5, 5.41) is 2.82. The first-order chi connectivity index (χ1) is 10.6. The number of esters is 1. The number of fused-ring (bicyclic) bond motifs is 2. The van der Waals surface area contributed by atoms with Crippen LogP contribution in [-0.4, -0.2) is 23.3 Å². The Kier molecular flexibility index (Phi) is 3.19. The summed E-state index contributed by atoms with van der Waals surface area (Å²) in [6.07, 6.45) is 1.15. The second kappa shape index (κ2) is 4.66. The van der Waals surface area contributed by atoms with E-state index in [-0.39, 0.29) is 17.7 Å². The van der Waals surface area contributed by atoms with Gasteiger partial charge in [-0.3, -0.25) is 14.4 Å². The number of hydrogen-bond acceptors (Lipinski definition) is 4. The van der Waals surface area contributed by atoms with E-state index in [0.717, 1.165) is 0 Å². The molecule has 1 N–H and O–H groups in total. The average Bonchev–Trinajstić information content (AvgIpc) is 2.78. The first-order valence-corrected chi connectivity index (χ1v) is 7.80. The van der Waals surface area contributed by atoms with Crippen LogP contribution in [0, 0.1) is 10.8 Å². The fraction of sp³-hybridized carbons (Fsp3) is 0.500. The van der Waals surface area contributed by atoms with Crippen LogP contribution in [0.15, 0.2) is 24.3 Å². The Morgan fingerprint density at radius 2 is 1.87 bits per heavy atom. The maximum Gasteiger partial charge on any atom is 0.313 e. The zero-order valence-electron chi connectivity index (χ0n) is 13.9. The van der Waals surface area contributed by atoms with Gasteiger partial charge in [0.25, 0.3) is 5.91 Å². The number of ether oxygens (including phenoxy) is 1. The van der Waals surface area contributed by atoms with Crippen LogP contribution in [0.3, 0.4) is 0 Å². The molecule has 1 saturated carbocycles. The minimum absolute atomic E-state index is 0.0691. The van der Waals surface area contributed by atoms with E-state index in [1.807, 2.05) is 20.8 Å². The molecule has 3 rings (SSSR count). The molecule has 5 heteroatoms. The van der Waals surface area contributed by atoms with Crippen molar-refractivity contribution in [3.05, 3.63) is 29.8 Å². The number of carbonyl (C=O) groups is 3. The standard InChI is InChI=1S/C18H21NO4/c1-11(20)12-6-5-7-13(10-12)19-14(21)18-9-8-17(4,15(22)23-18)16(18,2)3/h5-7,10H,8-9H2,1-4H3,(H,19,21)/t17-,18-/m0/s1. The quantitative estimate of drug-likeness (QED) is 0.687. The van der Waals surface area contributed by atoms with Crippen molar-refractivity contribution in [1.29, 1.82) is 0 Å². The number of amides is 1. The number of Topliss-reactive ketones (excluding diaryl/α,β-unsaturated/α-hetero) is 1. The van der Waals surface area contributed by atoms with Crippen molar-refractivity contribution in [2.45, 2.75) is 46.1 Å². The highest BCUT2D eigenvalue weighted by atomic mass is 16.6. The van der Waals surface area contributed by atoms with Gasteiger partial charge in [0.05, 0.1) is 5.41 Å². The first-order valence-electron chi connectivity index (χ1n) is 7.80. The molecule has 2 fully saturated rings. The van der Waals surface area contributed by atoms with E-state index < -0.39 is 16.4 Å². The van der Waals surface area contributed by atoms with Crippen molar-refractivity contribution in [3.63, 3.8) is 0 Å². The molecule has 122 valence electrons. The van der Waals surface area contributed by atoms with Crippen molar-refractivity contribution in [3.8, 4) is 0 Å². The smallest absolute Gasteiger partial charge is 0.313 e. The van der Waals surface area contributed by atoms with Gasteiger partial charge in [-0.25, -0.2) is 0 Å². The summed E-state index contributed by atoms with van der Waals surface area (Å²) < 4.78 is 5.56. The Morgan fingerprint density at radius 3 is 2.39 bits per heavy atom. The molecule has 5 nitrogen and oxygen atoms in total. The molecule has 2 bridgehead atoms. The van der Waals surface area contributed by atoms with Gasteiger partial charge in [-0.1, -0.05) is 26.0 Å². The van der Waals surface area contributed by atoms with Crippen LogP contribution in [0.5, 0.6) is 0 Å². The summed E-state index contributed by atoms with van der Waals surface area (Å²) in [6, 6.07) is 6.77. The van der Waals surface area contributed by atoms with E-state index in [4.69, 9.17) is 4.74 Å². The van der Waals surface area contributed by atoms with Crippen LogP contribution in [0.1, 0.15) is 50.9 Å². The van der Waals surface area contributed by atoms with E-state index >= 15 is 0 Å². The summed E-state index contributed by atoms with van der Waals surface area (Å²) in [6.45, 7) is 7.17. The minimum atomic E-state index is -1.15. The number of nitrogens with one attached hydrogen (secondary N) is 1. The Labute approximate surface area is 135 Å². The first kappa shape index (κ1) is 15.7. The third-order valence-electron chi connectivity index (χ3n) is 5.98. The van der Waals surface area contributed by atoms with E-state index in [2.05, 4.69) is 5.32 Å². The second-order valence-corrected chi connectivity index (χ2v) is 7.26. The number of carbonyl (C=O) groups excluding carboxylic acids is 3. The van der Waals surface area contributed by atoms with Crippen LogP contribution in [-0.2, 0) is 14.3 Å². The summed E-state index contributed by atoms with van der Waals surface area (Å²) >= 11 is 0. The number of ketones is 1. The number of hydrogen-bond donors (Lipinski definition) is 1. The molecule has 1 aliphatic heterocycles. The Bertz CT molecular complexity index is 723. The van der Waals surface area contributed by atoms with Crippen LogP contribution >= 0.6 is 0 Å². The number of anilines is 1. The molecule has 2 atom stereocenters. The SMILES string of the molecule is CC(=O)c1cccc(NC(=O)[C@]23CC[C@@](C)(C(=O)O2)C3(C)C)c1. The topological polar surface area (TPSA) is 72.5 Å². The highest BCUT2D eigenvalue weighted by Crippen LogP contribution is 2.65. The summed E-state index contributed by atoms with van der Waals surface area (Å²) in [7, 11) is 0. The molecule has 0 unspecified atom stereocenters. The summed E-state index contributed by atoms with van der Waals surface area (Å²) in [5.74, 6) is -0.695. The number of rotatable bonds is 3. The zero-order chi connectivity index (χ0) is 17.0. The molecule has 1 saturated heterocycles. The number of benzene rings is 1. The van der Waals surface area contributed by atoms with Gasteiger partial charge in [-0.15, -0.1) is 0 Å². The summed E-state index contributed by atoms with van der Waals surface area (Å²) in [5.41, 5.74) is -1.31. The normalized spacial score (nSPS) is 30.9. The lowest BCUT2D eigenvalue weighted by molar-refractivity contribution is -0.165. The van der Waals surface area contributed by atoms with E-state index in [1.54, 1.807) is 24.3 Å². The minimum Gasteiger partial charge on any atom is -0.448 e. The predicted octanol–water partition coefficient (Wildman–Crippen LogP) is 2.95. The van der Waals surface area contributed by atoms with Crippen LogP contribution in [0.2, 0.25) is 0 Å². The van der Waals surface area contributed by atoms with Crippen LogP contribution < -0.4 is 5.32 Å². The molecule has 0 spiro atoms. The lowest BCUT2D eigenvalue weighted by Crippen LogP contribution is -2.50. The molecular weight excluding hydrogens is 294 g/mol. The fourth-order valence-electron chi connectivity index (χ4n) is 3.80. The van der Waals surface area contributed by atoms with Crippen LogP contribution in [0.4, 0.5) is 5.69 Å². The highest BCUT2D eigenvalue weighted by molar-refractivity contribution is 6.04. The Morgan fingerprint density at radius 1 is 1.17 bits per heavy atom. The van der Waals surface area contributed by atoms with Gasteiger partial charge in [0, 0.05) is 16.7 Å². The molecule has 1 amide bonds. The zero-order valence-corrected chi connectivity index (χ0v) is 13.9. The maximum absolute atomic E-state index is 12.9. The van der Waals surface area contributed by atoms with E-state index in [0.29, 0.717) is 24.1 Å². The molecule has 0 radical (unpaired) electrons. The fourth-order valence-corrected chi connectivity index (χ4v) is 3.80. The molecule has 2 aliphatic rings. The van der Waals surface area contributed by atoms with Gasteiger partial charge >= 0.3 is 5.97 Å². The van der Waals surface area contributed by atoms with Gasteiger partial charge in [-0.05, 0) is 38.8 Å². The van der Waals surface area contributed by atoms with Gasteiger partial charge in [-0.2, -0.15) is 0 Å². The molecule has 0 aromatic heterocycles. The molecule has 1 aliphatic carbocycles. The van der Waals surface area contributed by atoms with Gasteiger partial charge < -0.3 is 10.1 Å². The molecule has 23 heavy (non-hydrogen) atoms. The molecule has 1 aromatic carbocycles. The predicted molar refractivity (Wildman–Crippen MR) is 85.0 cm³/mol. The van der Waals surface area contributed by atoms with E-state index in [1.165, 1.54) is 6.92 Å². The Hall–Kier alpha value is -2.17. The largest absolute Gasteiger partial charge is 0.448 e.